The highest BCUT2D eigenvalue weighted by atomic mass is 35.5. The molecule has 5 heteroatoms. The molecule has 0 heterocycles. The van der Waals surface area contributed by atoms with Crippen LogP contribution in [0.4, 0.5) is 5.69 Å². The van der Waals surface area contributed by atoms with Crippen molar-refractivity contribution in [3.05, 3.63) is 64.2 Å². The third-order valence-corrected chi connectivity index (χ3v) is 3.26. The van der Waals surface area contributed by atoms with Crippen LogP contribution in [0.2, 0.25) is 5.02 Å². The molecule has 104 valence electrons. The quantitative estimate of drug-likeness (QED) is 0.350. The lowest BCUT2D eigenvalue weighted by Crippen LogP contribution is -2.13. The molecule has 2 aromatic carbocycles. The Balaban J connectivity index is 2.13. The van der Waals surface area contributed by atoms with E-state index in [1.165, 1.54) is 0 Å². The van der Waals surface area contributed by atoms with Gasteiger partial charge < -0.3 is 16.3 Å². The number of hydrogen-bond acceptors (Lipinski definition) is 3. The van der Waals surface area contributed by atoms with Crippen molar-refractivity contribution in [1.82, 2.24) is 0 Å². The van der Waals surface area contributed by atoms with E-state index in [1.807, 2.05) is 43.3 Å². The Labute approximate surface area is 122 Å². The molecule has 0 atom stereocenters. The van der Waals surface area contributed by atoms with Crippen molar-refractivity contribution >= 4 is 23.1 Å². The van der Waals surface area contributed by atoms with Gasteiger partial charge in [-0.05, 0) is 36.2 Å². The third kappa shape index (κ3) is 3.42. The molecule has 0 aliphatic rings. The number of benzene rings is 2. The molecule has 0 saturated heterocycles. The number of nitrogens with two attached hydrogens (primary N) is 1. The van der Waals surface area contributed by atoms with Crippen LogP contribution in [-0.2, 0) is 6.54 Å². The van der Waals surface area contributed by atoms with Gasteiger partial charge in [0.05, 0.1) is 10.7 Å². The fourth-order valence-corrected chi connectivity index (χ4v) is 2.05. The predicted octanol–water partition coefficient (Wildman–Crippen LogP) is 3.36. The molecule has 2 aromatic rings. The van der Waals surface area contributed by atoms with Gasteiger partial charge in [-0.2, -0.15) is 0 Å². The lowest BCUT2D eigenvalue weighted by Gasteiger charge is -2.10. The van der Waals surface area contributed by atoms with Gasteiger partial charge in [-0.15, -0.1) is 0 Å². The van der Waals surface area contributed by atoms with Crippen LogP contribution in [0.25, 0.3) is 0 Å². The van der Waals surface area contributed by atoms with E-state index < -0.39 is 0 Å². The van der Waals surface area contributed by atoms with E-state index in [-0.39, 0.29) is 5.84 Å². The van der Waals surface area contributed by atoms with E-state index in [2.05, 4.69) is 10.5 Å². The average molecular weight is 290 g/mol. The fourth-order valence-electron chi connectivity index (χ4n) is 1.87. The number of oxime groups is 1. The molecule has 4 N–H and O–H groups in total. The first-order valence-corrected chi connectivity index (χ1v) is 6.55. The van der Waals surface area contributed by atoms with Gasteiger partial charge in [-0.3, -0.25) is 0 Å². The summed E-state index contributed by atoms with van der Waals surface area (Å²) in [6.45, 7) is 2.62. The van der Waals surface area contributed by atoms with Crippen molar-refractivity contribution in [2.45, 2.75) is 13.5 Å². The minimum atomic E-state index is 0.0976. The maximum atomic E-state index is 8.68. The molecule has 0 amide bonds. The maximum absolute atomic E-state index is 8.68. The molecule has 4 nitrogen and oxygen atoms in total. The predicted molar refractivity (Wildman–Crippen MR) is 82.5 cm³/mol. The number of hydrogen-bond donors (Lipinski definition) is 3. The van der Waals surface area contributed by atoms with E-state index >= 15 is 0 Å². The molecular formula is C15H16ClN3O. The normalized spacial score (nSPS) is 11.4. The molecule has 2 rings (SSSR count). The second-order valence-corrected chi connectivity index (χ2v) is 4.93. The van der Waals surface area contributed by atoms with Crippen LogP contribution in [0.3, 0.4) is 0 Å². The average Bonchev–Trinajstić information content (AvgIpc) is 2.47. The summed E-state index contributed by atoms with van der Waals surface area (Å²) < 4.78 is 0. The van der Waals surface area contributed by atoms with Crippen LogP contribution < -0.4 is 11.1 Å². The zero-order chi connectivity index (χ0) is 14.5. The minimum Gasteiger partial charge on any atom is -0.409 e. The fraction of sp³-hybridized carbons (Fsp3) is 0.133. The number of rotatable bonds is 4. The second kappa shape index (κ2) is 6.30. The summed E-state index contributed by atoms with van der Waals surface area (Å²) in [4.78, 5) is 0. The number of anilines is 1. The van der Waals surface area contributed by atoms with Gasteiger partial charge >= 0.3 is 0 Å². The molecule has 0 fully saturated rings. The van der Waals surface area contributed by atoms with Crippen LogP contribution in [0.15, 0.2) is 47.6 Å². The van der Waals surface area contributed by atoms with Gasteiger partial charge in [0, 0.05) is 12.1 Å². The van der Waals surface area contributed by atoms with Crippen molar-refractivity contribution in [2.24, 2.45) is 10.9 Å². The first-order valence-electron chi connectivity index (χ1n) is 6.17. The molecule has 20 heavy (non-hydrogen) atoms. The number of halogens is 1. The largest absolute Gasteiger partial charge is 0.409 e. The molecular weight excluding hydrogens is 274 g/mol. The van der Waals surface area contributed by atoms with Crippen molar-refractivity contribution in [2.75, 3.05) is 5.32 Å². The highest BCUT2D eigenvalue weighted by Crippen LogP contribution is 2.23. The Kier molecular flexibility index (Phi) is 4.48. The summed E-state index contributed by atoms with van der Waals surface area (Å²) in [7, 11) is 0. The van der Waals surface area contributed by atoms with Crippen molar-refractivity contribution in [3.63, 3.8) is 0 Å². The van der Waals surface area contributed by atoms with Crippen LogP contribution in [0.1, 0.15) is 16.7 Å². The van der Waals surface area contributed by atoms with E-state index in [9.17, 15) is 0 Å². The molecule has 0 aliphatic carbocycles. The van der Waals surface area contributed by atoms with Gasteiger partial charge in [-0.1, -0.05) is 41.0 Å². The number of nitrogens with zero attached hydrogens (tertiary/aromatic N) is 1. The van der Waals surface area contributed by atoms with Crippen molar-refractivity contribution in [3.8, 4) is 0 Å². The van der Waals surface area contributed by atoms with Crippen LogP contribution >= 0.6 is 11.6 Å². The van der Waals surface area contributed by atoms with Crippen LogP contribution in [0.5, 0.6) is 0 Å². The molecule has 0 radical (unpaired) electrons. The number of amidine groups is 1. The summed E-state index contributed by atoms with van der Waals surface area (Å²) in [6, 6.07) is 13.3. The summed E-state index contributed by atoms with van der Waals surface area (Å²) >= 11 is 6.13. The van der Waals surface area contributed by atoms with Gasteiger partial charge in [0.2, 0.25) is 0 Å². The Morgan fingerprint density at radius 2 is 2.10 bits per heavy atom. The van der Waals surface area contributed by atoms with E-state index in [1.54, 1.807) is 6.07 Å². The molecule has 0 bridgehead atoms. The lowest BCUT2D eigenvalue weighted by molar-refractivity contribution is 0.318. The number of aryl methyl sites for hydroxylation is 1. The van der Waals surface area contributed by atoms with Gasteiger partial charge in [0.1, 0.15) is 0 Å². The topological polar surface area (TPSA) is 70.6 Å². The monoisotopic (exact) mass is 289 g/mol. The highest BCUT2D eigenvalue weighted by molar-refractivity contribution is 6.33. The summed E-state index contributed by atoms with van der Waals surface area (Å²) in [5.41, 5.74) is 9.31. The molecule has 0 aromatic heterocycles. The molecule has 0 unspecified atom stereocenters. The summed E-state index contributed by atoms with van der Waals surface area (Å²) in [6.07, 6.45) is 0. The van der Waals surface area contributed by atoms with Crippen LogP contribution in [-0.4, -0.2) is 11.0 Å². The van der Waals surface area contributed by atoms with E-state index in [0.29, 0.717) is 17.1 Å². The second-order valence-electron chi connectivity index (χ2n) is 4.52. The van der Waals surface area contributed by atoms with Crippen molar-refractivity contribution < 1.29 is 5.21 Å². The Hall–Kier alpha value is -2.20. The molecule has 0 spiro atoms. The molecule has 0 aliphatic heterocycles. The first-order chi connectivity index (χ1) is 9.60. The zero-order valence-electron chi connectivity index (χ0n) is 11.1. The Morgan fingerprint density at radius 3 is 2.85 bits per heavy atom. The van der Waals surface area contributed by atoms with Gasteiger partial charge in [-0.25, -0.2) is 0 Å². The Morgan fingerprint density at radius 1 is 1.30 bits per heavy atom. The van der Waals surface area contributed by atoms with Crippen LogP contribution in [0, 0.1) is 6.92 Å². The van der Waals surface area contributed by atoms with E-state index in [0.717, 1.165) is 16.8 Å². The zero-order valence-corrected chi connectivity index (χ0v) is 11.9. The molecule has 0 saturated carbocycles. The van der Waals surface area contributed by atoms with Crippen molar-refractivity contribution in [1.29, 1.82) is 0 Å². The van der Waals surface area contributed by atoms with Gasteiger partial charge in [0.15, 0.2) is 5.84 Å². The highest BCUT2D eigenvalue weighted by Gasteiger charge is 2.03. The Bertz CT molecular complexity index is 641. The SMILES string of the molecule is Cc1ccc(Cl)c(NCc2cccc(/C(N)=N/O)c2)c1. The smallest absolute Gasteiger partial charge is 0.170 e. The summed E-state index contributed by atoms with van der Waals surface area (Å²) in [5.74, 6) is 0.0976. The maximum Gasteiger partial charge on any atom is 0.170 e. The first kappa shape index (κ1) is 14.2. The lowest BCUT2D eigenvalue weighted by atomic mass is 10.1. The number of nitrogens with one attached hydrogen (secondary N) is 1. The van der Waals surface area contributed by atoms with E-state index in [4.69, 9.17) is 22.5 Å². The third-order valence-electron chi connectivity index (χ3n) is 2.94. The summed E-state index contributed by atoms with van der Waals surface area (Å²) in [5, 5.41) is 15.6. The van der Waals surface area contributed by atoms with Gasteiger partial charge in [0.25, 0.3) is 0 Å². The standard InChI is InChI=1S/C15H16ClN3O/c1-10-5-6-13(16)14(7-10)18-9-11-3-2-4-12(8-11)15(17)19-20/h2-8,18,20H,9H2,1H3,(H2,17,19). The minimum absolute atomic E-state index is 0.0976.